The maximum Gasteiger partial charge on any atom is 0.253 e. The number of hydrogen-bond acceptors (Lipinski definition) is 4. The number of amides is 1. The number of aryl methyl sites for hydroxylation is 1. The summed E-state index contributed by atoms with van der Waals surface area (Å²) in [7, 11) is -1.50. The van der Waals surface area contributed by atoms with Crippen LogP contribution in [0.2, 0.25) is 0 Å². The predicted molar refractivity (Wildman–Crippen MR) is 113 cm³/mol. The van der Waals surface area contributed by atoms with Crippen molar-refractivity contribution in [2.75, 3.05) is 33.0 Å². The molecular weight excluding hydrogens is 390 g/mol. The zero-order valence-electron chi connectivity index (χ0n) is 17.4. The minimum Gasteiger partial charge on any atom is -0.497 e. The van der Waals surface area contributed by atoms with Gasteiger partial charge in [0.2, 0.25) is 10.0 Å². The molecule has 0 unspecified atom stereocenters. The molecule has 0 saturated carbocycles. The van der Waals surface area contributed by atoms with Crippen molar-refractivity contribution in [3.05, 3.63) is 47.3 Å². The van der Waals surface area contributed by atoms with Gasteiger partial charge in [-0.05, 0) is 50.8 Å². The molecule has 1 fully saturated rings. The summed E-state index contributed by atoms with van der Waals surface area (Å²) in [6.45, 7) is 5.50. The molecule has 0 radical (unpaired) electrons. The molecule has 1 saturated heterocycles. The Morgan fingerprint density at radius 1 is 1.21 bits per heavy atom. The van der Waals surface area contributed by atoms with E-state index in [1.54, 1.807) is 7.11 Å². The molecule has 0 bridgehead atoms. The van der Waals surface area contributed by atoms with Crippen LogP contribution in [0.15, 0.2) is 30.3 Å². The summed E-state index contributed by atoms with van der Waals surface area (Å²) in [5.41, 5.74) is 3.45. The average molecular weight is 420 g/mol. The number of hydrogen-bond donors (Lipinski definition) is 1. The van der Waals surface area contributed by atoms with Crippen molar-refractivity contribution in [3.63, 3.8) is 0 Å². The maximum atomic E-state index is 12.8. The van der Waals surface area contributed by atoms with Gasteiger partial charge in [-0.25, -0.2) is 12.7 Å². The zero-order valence-corrected chi connectivity index (χ0v) is 18.3. The molecule has 8 heteroatoms. The van der Waals surface area contributed by atoms with E-state index in [-0.39, 0.29) is 5.91 Å². The van der Waals surface area contributed by atoms with Crippen LogP contribution < -0.4 is 10.1 Å². The van der Waals surface area contributed by atoms with Gasteiger partial charge < -0.3 is 14.6 Å². The summed E-state index contributed by atoms with van der Waals surface area (Å²) in [5, 5.41) is 3.03. The van der Waals surface area contributed by atoms with Gasteiger partial charge in [0.1, 0.15) is 5.75 Å². The van der Waals surface area contributed by atoms with E-state index in [0.29, 0.717) is 31.1 Å². The van der Waals surface area contributed by atoms with E-state index in [4.69, 9.17) is 4.74 Å². The van der Waals surface area contributed by atoms with Gasteiger partial charge in [-0.1, -0.05) is 6.07 Å². The standard InChI is InChI=1S/C21H29N3O4S/c1-15-12-20(16(2)24(15)18-6-5-7-19(13-18)28-3)21(25)22-14-17-8-10-23(11-9-17)29(4,26)27/h5-7,12-13,17H,8-11,14H2,1-4H3,(H,22,25). The van der Waals surface area contributed by atoms with E-state index in [9.17, 15) is 13.2 Å². The second-order valence-electron chi connectivity index (χ2n) is 7.64. The summed E-state index contributed by atoms with van der Waals surface area (Å²) < 4.78 is 32.1. The molecule has 2 heterocycles. The molecule has 0 aliphatic carbocycles. The monoisotopic (exact) mass is 419 g/mol. The van der Waals surface area contributed by atoms with Gasteiger partial charge >= 0.3 is 0 Å². The summed E-state index contributed by atoms with van der Waals surface area (Å²) in [4.78, 5) is 12.8. The third-order valence-corrected chi connectivity index (χ3v) is 6.88. The average Bonchev–Trinajstić information content (AvgIpc) is 3.00. The van der Waals surface area contributed by atoms with E-state index >= 15 is 0 Å². The lowest BCUT2D eigenvalue weighted by molar-refractivity contribution is 0.0941. The second-order valence-corrected chi connectivity index (χ2v) is 9.62. The van der Waals surface area contributed by atoms with Gasteiger partial charge in [-0.3, -0.25) is 4.79 Å². The van der Waals surface area contributed by atoms with E-state index in [1.165, 1.54) is 10.6 Å². The molecule has 1 N–H and O–H groups in total. The fourth-order valence-electron chi connectivity index (χ4n) is 3.92. The number of ether oxygens (including phenoxy) is 1. The van der Waals surface area contributed by atoms with Crippen LogP contribution in [0.1, 0.15) is 34.6 Å². The molecule has 7 nitrogen and oxygen atoms in total. The number of nitrogens with zero attached hydrogens (tertiary/aromatic N) is 2. The molecular formula is C21H29N3O4S. The quantitative estimate of drug-likeness (QED) is 0.780. The van der Waals surface area contributed by atoms with Crippen LogP contribution in [0.4, 0.5) is 0 Å². The fraction of sp³-hybridized carbons (Fsp3) is 0.476. The van der Waals surface area contributed by atoms with Crippen LogP contribution in [0.25, 0.3) is 5.69 Å². The van der Waals surface area contributed by atoms with Crippen molar-refractivity contribution < 1.29 is 17.9 Å². The van der Waals surface area contributed by atoms with Gasteiger partial charge in [0, 0.05) is 42.8 Å². The van der Waals surface area contributed by atoms with Crippen molar-refractivity contribution in [2.24, 2.45) is 5.92 Å². The van der Waals surface area contributed by atoms with Crippen molar-refractivity contribution in [3.8, 4) is 11.4 Å². The number of aromatic nitrogens is 1. The Morgan fingerprint density at radius 2 is 1.90 bits per heavy atom. The molecule has 1 aromatic carbocycles. The van der Waals surface area contributed by atoms with Crippen LogP contribution >= 0.6 is 0 Å². The molecule has 1 aliphatic rings. The number of benzene rings is 1. The van der Waals surface area contributed by atoms with Crippen molar-refractivity contribution in [2.45, 2.75) is 26.7 Å². The largest absolute Gasteiger partial charge is 0.497 e. The fourth-order valence-corrected chi connectivity index (χ4v) is 4.79. The number of methoxy groups -OCH3 is 1. The van der Waals surface area contributed by atoms with Gasteiger partial charge in [-0.2, -0.15) is 0 Å². The lowest BCUT2D eigenvalue weighted by Crippen LogP contribution is -2.41. The molecule has 0 spiro atoms. The Kier molecular flexibility index (Phi) is 6.33. The van der Waals surface area contributed by atoms with Gasteiger partial charge in [0.15, 0.2) is 0 Å². The summed E-state index contributed by atoms with van der Waals surface area (Å²) >= 11 is 0. The van der Waals surface area contributed by atoms with Crippen molar-refractivity contribution in [1.29, 1.82) is 0 Å². The summed E-state index contributed by atoms with van der Waals surface area (Å²) in [6, 6.07) is 9.64. The Labute approximate surface area is 172 Å². The highest BCUT2D eigenvalue weighted by molar-refractivity contribution is 7.88. The first-order chi connectivity index (χ1) is 13.7. The first-order valence-electron chi connectivity index (χ1n) is 9.77. The summed E-state index contributed by atoms with van der Waals surface area (Å²) in [5.74, 6) is 0.957. The Morgan fingerprint density at radius 3 is 2.52 bits per heavy atom. The van der Waals surface area contributed by atoms with Crippen LogP contribution in [0.3, 0.4) is 0 Å². The van der Waals surface area contributed by atoms with Crippen LogP contribution in [-0.2, 0) is 10.0 Å². The predicted octanol–water partition coefficient (Wildman–Crippen LogP) is 2.50. The molecule has 1 amide bonds. The van der Waals surface area contributed by atoms with Crippen LogP contribution in [0, 0.1) is 19.8 Å². The maximum absolute atomic E-state index is 12.8. The molecule has 29 heavy (non-hydrogen) atoms. The highest BCUT2D eigenvalue weighted by Gasteiger charge is 2.25. The topological polar surface area (TPSA) is 80.6 Å². The Hall–Kier alpha value is -2.32. The van der Waals surface area contributed by atoms with E-state index in [1.807, 2.05) is 48.7 Å². The molecule has 3 rings (SSSR count). The number of carbonyl (C=O) groups is 1. The van der Waals surface area contributed by atoms with E-state index in [0.717, 1.165) is 35.7 Å². The minimum absolute atomic E-state index is 0.0993. The van der Waals surface area contributed by atoms with Gasteiger partial charge in [0.25, 0.3) is 5.91 Å². The minimum atomic E-state index is -3.13. The first kappa shape index (κ1) is 21.4. The first-order valence-corrected chi connectivity index (χ1v) is 11.6. The molecule has 2 aromatic rings. The zero-order chi connectivity index (χ0) is 21.2. The van der Waals surface area contributed by atoms with Crippen LogP contribution in [-0.4, -0.2) is 56.2 Å². The van der Waals surface area contributed by atoms with E-state index in [2.05, 4.69) is 5.32 Å². The van der Waals surface area contributed by atoms with Gasteiger partial charge in [0.05, 0.1) is 18.9 Å². The van der Waals surface area contributed by atoms with Crippen LogP contribution in [0.5, 0.6) is 5.75 Å². The van der Waals surface area contributed by atoms with Gasteiger partial charge in [-0.15, -0.1) is 0 Å². The second kappa shape index (κ2) is 8.59. The highest BCUT2D eigenvalue weighted by atomic mass is 32.2. The smallest absolute Gasteiger partial charge is 0.253 e. The molecule has 1 aliphatic heterocycles. The van der Waals surface area contributed by atoms with E-state index < -0.39 is 10.0 Å². The summed E-state index contributed by atoms with van der Waals surface area (Å²) in [6.07, 6.45) is 2.76. The lowest BCUT2D eigenvalue weighted by atomic mass is 9.98. The number of piperidine rings is 1. The number of carbonyl (C=O) groups excluding carboxylic acids is 1. The molecule has 1 aromatic heterocycles. The molecule has 0 atom stereocenters. The SMILES string of the molecule is COc1cccc(-n2c(C)cc(C(=O)NCC3CCN(S(C)(=O)=O)CC3)c2C)c1. The number of nitrogens with one attached hydrogen (secondary N) is 1. The third-order valence-electron chi connectivity index (χ3n) is 5.58. The lowest BCUT2D eigenvalue weighted by Gasteiger charge is -2.30. The Bertz CT molecular complexity index is 989. The number of sulfonamides is 1. The normalized spacial score (nSPS) is 16.0. The Balaban J connectivity index is 1.66. The van der Waals surface area contributed by atoms with Crippen molar-refractivity contribution >= 4 is 15.9 Å². The molecule has 158 valence electrons. The third kappa shape index (κ3) is 4.82. The van der Waals surface area contributed by atoms with Crippen molar-refractivity contribution in [1.82, 2.24) is 14.2 Å². The number of rotatable bonds is 6. The highest BCUT2D eigenvalue weighted by Crippen LogP contribution is 2.24.